The summed E-state index contributed by atoms with van der Waals surface area (Å²) in [5, 5.41) is 3.23. The van der Waals surface area contributed by atoms with Gasteiger partial charge in [0.15, 0.2) is 18.1 Å². The summed E-state index contributed by atoms with van der Waals surface area (Å²) in [7, 11) is 0. The first-order chi connectivity index (χ1) is 18.2. The molecule has 0 aromatic heterocycles. The molecular formula is C27H21Cl2IN2O5S. The van der Waals surface area contributed by atoms with Crippen molar-refractivity contribution in [2.45, 2.75) is 13.5 Å². The van der Waals surface area contributed by atoms with E-state index < -0.39 is 11.1 Å². The van der Waals surface area contributed by atoms with E-state index in [2.05, 4.69) is 27.9 Å². The van der Waals surface area contributed by atoms with E-state index in [1.807, 2.05) is 25.1 Å². The Morgan fingerprint density at radius 3 is 2.55 bits per heavy atom. The van der Waals surface area contributed by atoms with Gasteiger partial charge in [0.25, 0.3) is 17.1 Å². The van der Waals surface area contributed by atoms with Gasteiger partial charge in [-0.2, -0.15) is 0 Å². The van der Waals surface area contributed by atoms with Gasteiger partial charge in [0, 0.05) is 15.7 Å². The molecule has 1 heterocycles. The Morgan fingerprint density at radius 2 is 1.84 bits per heavy atom. The van der Waals surface area contributed by atoms with Crippen LogP contribution in [-0.2, 0) is 16.1 Å². The number of hydrogen-bond donors (Lipinski definition) is 1. The molecule has 0 bridgehead atoms. The minimum Gasteiger partial charge on any atom is -0.490 e. The second-order valence-corrected chi connectivity index (χ2v) is 11.0. The molecule has 1 N–H and O–H groups in total. The molecule has 4 rings (SSSR count). The maximum absolute atomic E-state index is 13.0. The van der Waals surface area contributed by atoms with Crippen molar-refractivity contribution >= 4 is 86.4 Å². The molecule has 11 heteroatoms. The zero-order chi connectivity index (χ0) is 27.2. The number of rotatable bonds is 9. The van der Waals surface area contributed by atoms with Crippen molar-refractivity contribution in [1.82, 2.24) is 4.90 Å². The molecule has 1 saturated heterocycles. The fraction of sp³-hybridized carbons (Fsp3) is 0.148. The summed E-state index contributed by atoms with van der Waals surface area (Å²) in [6.45, 7) is 2.02. The summed E-state index contributed by atoms with van der Waals surface area (Å²) in [5.41, 5.74) is 1.93. The highest BCUT2D eigenvalue weighted by atomic mass is 127. The van der Waals surface area contributed by atoms with Crippen molar-refractivity contribution in [2.24, 2.45) is 0 Å². The van der Waals surface area contributed by atoms with E-state index in [9.17, 15) is 14.4 Å². The van der Waals surface area contributed by atoms with Crippen LogP contribution in [0.15, 0.2) is 65.6 Å². The Balaban J connectivity index is 1.50. The van der Waals surface area contributed by atoms with Crippen LogP contribution in [0, 0.1) is 3.57 Å². The van der Waals surface area contributed by atoms with Crippen LogP contribution in [0.1, 0.15) is 18.1 Å². The third-order valence-corrected chi connectivity index (χ3v) is 7.55. The van der Waals surface area contributed by atoms with Gasteiger partial charge in [-0.15, -0.1) is 0 Å². The van der Waals surface area contributed by atoms with Crippen LogP contribution >= 0.6 is 57.6 Å². The lowest BCUT2D eigenvalue weighted by Gasteiger charge is -2.15. The van der Waals surface area contributed by atoms with Crippen LogP contribution in [0.2, 0.25) is 10.0 Å². The van der Waals surface area contributed by atoms with Crippen molar-refractivity contribution in [2.75, 3.05) is 18.5 Å². The van der Waals surface area contributed by atoms with Crippen LogP contribution in [0.25, 0.3) is 6.08 Å². The normalized spacial score (nSPS) is 14.2. The van der Waals surface area contributed by atoms with E-state index in [1.165, 1.54) is 0 Å². The molecule has 0 atom stereocenters. The highest BCUT2D eigenvalue weighted by Gasteiger charge is 2.35. The number of carbonyl (C=O) groups is 3. The van der Waals surface area contributed by atoms with Crippen LogP contribution < -0.4 is 14.8 Å². The van der Waals surface area contributed by atoms with Crippen molar-refractivity contribution < 1.29 is 23.9 Å². The maximum Gasteiger partial charge on any atom is 0.293 e. The van der Waals surface area contributed by atoms with Crippen molar-refractivity contribution in [3.05, 3.63) is 90.3 Å². The molecule has 3 amide bonds. The Labute approximate surface area is 247 Å². The zero-order valence-electron chi connectivity index (χ0n) is 20.0. The fourth-order valence-electron chi connectivity index (χ4n) is 3.54. The van der Waals surface area contributed by atoms with Gasteiger partial charge >= 0.3 is 0 Å². The summed E-state index contributed by atoms with van der Waals surface area (Å²) in [6, 6.07) is 17.5. The predicted molar refractivity (Wildman–Crippen MR) is 159 cm³/mol. The first kappa shape index (κ1) is 28.3. The number of para-hydroxylation sites is 1. The first-order valence-corrected chi connectivity index (χ1v) is 14.0. The van der Waals surface area contributed by atoms with Crippen LogP contribution in [-0.4, -0.2) is 35.2 Å². The van der Waals surface area contributed by atoms with Crippen LogP contribution in [0.3, 0.4) is 0 Å². The number of anilines is 1. The molecule has 1 aliphatic heterocycles. The van der Waals surface area contributed by atoms with Crippen molar-refractivity contribution in [3.63, 3.8) is 0 Å². The Hall–Kier alpha value is -2.73. The summed E-state index contributed by atoms with van der Waals surface area (Å²) < 4.78 is 12.2. The summed E-state index contributed by atoms with van der Waals surface area (Å²) in [5.74, 6) is 0.105. The second-order valence-electron chi connectivity index (χ2n) is 7.97. The van der Waals surface area contributed by atoms with Crippen LogP contribution in [0.4, 0.5) is 10.5 Å². The number of halogens is 3. The largest absolute Gasteiger partial charge is 0.490 e. The molecule has 0 radical (unpaired) electrons. The molecule has 196 valence electrons. The monoisotopic (exact) mass is 682 g/mol. The minimum atomic E-state index is -0.420. The third kappa shape index (κ3) is 7.02. The standard InChI is InChI=1S/C27H21Cl2IN2O5S/c1-2-36-22-11-16(10-21(30)25(22)37-15-24(33)31-19-6-4-3-5-7-19)12-23-26(34)32(27(35)38-23)14-17-8-9-18(28)13-20(17)29/h3-13H,2,14-15H2,1H3,(H,31,33)/b23-12-. The first-order valence-electron chi connectivity index (χ1n) is 11.4. The summed E-state index contributed by atoms with van der Waals surface area (Å²) >= 11 is 15.1. The number of thioether (sulfide) groups is 1. The van der Waals surface area contributed by atoms with E-state index in [0.29, 0.717) is 48.5 Å². The van der Waals surface area contributed by atoms with Gasteiger partial charge < -0.3 is 14.8 Å². The van der Waals surface area contributed by atoms with Gasteiger partial charge in [-0.05, 0) is 94.9 Å². The Bertz CT molecular complexity index is 1420. The topological polar surface area (TPSA) is 84.9 Å². The number of nitrogens with zero attached hydrogens (tertiary/aromatic N) is 1. The molecule has 7 nitrogen and oxygen atoms in total. The molecule has 0 spiro atoms. The maximum atomic E-state index is 13.0. The lowest BCUT2D eigenvalue weighted by Crippen LogP contribution is -2.27. The predicted octanol–water partition coefficient (Wildman–Crippen LogP) is 7.25. The number of imide groups is 1. The quantitative estimate of drug-likeness (QED) is 0.189. The van der Waals surface area contributed by atoms with E-state index >= 15 is 0 Å². The third-order valence-electron chi connectivity index (χ3n) is 5.25. The second kappa shape index (κ2) is 12.9. The Kier molecular flexibility index (Phi) is 9.59. The van der Waals surface area contributed by atoms with Crippen LogP contribution in [0.5, 0.6) is 11.5 Å². The summed E-state index contributed by atoms with van der Waals surface area (Å²) in [6.07, 6.45) is 1.63. The SMILES string of the molecule is CCOc1cc(/C=C2\SC(=O)N(Cc3ccc(Cl)cc3Cl)C2=O)cc(I)c1OCC(=O)Nc1ccccc1. The van der Waals surface area contributed by atoms with Crippen molar-refractivity contribution in [3.8, 4) is 11.5 Å². The highest BCUT2D eigenvalue weighted by molar-refractivity contribution is 14.1. The molecule has 0 unspecified atom stereocenters. The number of ether oxygens (including phenoxy) is 2. The minimum absolute atomic E-state index is 0.0392. The Morgan fingerprint density at radius 1 is 1.08 bits per heavy atom. The van der Waals surface area contributed by atoms with E-state index in [-0.39, 0.29) is 24.0 Å². The van der Waals surface area contributed by atoms with Gasteiger partial charge in [-0.25, -0.2) is 0 Å². The molecule has 38 heavy (non-hydrogen) atoms. The zero-order valence-corrected chi connectivity index (χ0v) is 24.5. The number of carbonyl (C=O) groups excluding carboxylic acids is 3. The number of benzene rings is 3. The van der Waals surface area contributed by atoms with Gasteiger partial charge in [0.1, 0.15) is 0 Å². The van der Waals surface area contributed by atoms with E-state index in [1.54, 1.807) is 48.5 Å². The molecule has 1 fully saturated rings. The highest BCUT2D eigenvalue weighted by Crippen LogP contribution is 2.38. The average molecular weight is 683 g/mol. The van der Waals surface area contributed by atoms with Gasteiger partial charge in [0.05, 0.1) is 21.6 Å². The molecule has 3 aromatic carbocycles. The summed E-state index contributed by atoms with van der Waals surface area (Å²) in [4.78, 5) is 39.4. The smallest absolute Gasteiger partial charge is 0.293 e. The molecule has 3 aromatic rings. The molecule has 0 saturated carbocycles. The van der Waals surface area contributed by atoms with Gasteiger partial charge in [-0.1, -0.05) is 47.5 Å². The molecule has 1 aliphatic rings. The molecular weight excluding hydrogens is 662 g/mol. The van der Waals surface area contributed by atoms with E-state index in [0.717, 1.165) is 16.7 Å². The fourth-order valence-corrected chi connectivity index (χ4v) is 5.63. The molecule has 0 aliphatic carbocycles. The number of nitrogens with one attached hydrogen (secondary N) is 1. The average Bonchev–Trinajstić information content (AvgIpc) is 3.13. The van der Waals surface area contributed by atoms with Crippen molar-refractivity contribution in [1.29, 1.82) is 0 Å². The van der Waals surface area contributed by atoms with Gasteiger partial charge in [-0.3, -0.25) is 19.3 Å². The van der Waals surface area contributed by atoms with Gasteiger partial charge in [0.2, 0.25) is 0 Å². The lowest BCUT2D eigenvalue weighted by molar-refractivity contribution is -0.123. The number of hydrogen-bond acceptors (Lipinski definition) is 6. The van der Waals surface area contributed by atoms with E-state index in [4.69, 9.17) is 32.7 Å². The lowest BCUT2D eigenvalue weighted by atomic mass is 10.1. The number of amides is 3.